The van der Waals surface area contributed by atoms with Crippen LogP contribution in [0, 0.1) is 0 Å². The smallest absolute Gasteiger partial charge is 0.316 e. The number of primary amides is 2. The molecule has 5 N–H and O–H groups in total. The molecule has 0 bridgehead atoms. The fourth-order valence-corrected chi connectivity index (χ4v) is 3.56. The number of hydrogen-bond acceptors (Lipinski definition) is 4. The summed E-state index contributed by atoms with van der Waals surface area (Å²) >= 11 is 7.22. The number of halogens is 1. The van der Waals surface area contributed by atoms with Gasteiger partial charge < -0.3 is 21.5 Å². The molecule has 138 valence electrons. The topological polar surface area (TPSA) is 107 Å². The Morgan fingerprint density at radius 1 is 1.07 bits per heavy atom. The van der Waals surface area contributed by atoms with Gasteiger partial charge in [-0.2, -0.15) is 0 Å². The summed E-state index contributed by atoms with van der Waals surface area (Å²) in [6.45, 7) is 0.340. The molecule has 0 aliphatic carbocycles. The Kier molecular flexibility index (Phi) is 5.63. The van der Waals surface area contributed by atoms with Crippen LogP contribution in [0.1, 0.15) is 15.9 Å². The maximum absolute atomic E-state index is 11.7. The van der Waals surface area contributed by atoms with E-state index in [1.54, 1.807) is 41.8 Å². The average Bonchev–Trinajstić information content (AvgIpc) is 3.11. The summed E-state index contributed by atoms with van der Waals surface area (Å²) in [5, 5.41) is 4.97. The van der Waals surface area contributed by atoms with Gasteiger partial charge in [-0.3, -0.25) is 4.79 Å². The molecule has 1 heterocycles. The second kappa shape index (κ2) is 8.11. The molecule has 0 radical (unpaired) electrons. The number of amides is 3. The highest BCUT2D eigenvalue weighted by Crippen LogP contribution is 2.37. The van der Waals surface area contributed by atoms with Crippen molar-refractivity contribution in [3.8, 4) is 16.2 Å². The number of nitrogens with one attached hydrogen (secondary N) is 1. The molecule has 3 amide bonds. The van der Waals surface area contributed by atoms with Crippen LogP contribution in [0.25, 0.3) is 10.4 Å². The standard InChI is InChI=1S/C19H16ClN3O3S/c20-12-3-1-11(2-4-12)10-26-13-5-6-16(23-19(22)25)15(9-13)17-14(18(21)24)7-8-27-17/h1-9H,10H2,(H2,21,24)(H3,22,23,25). The van der Waals surface area contributed by atoms with Crippen LogP contribution in [-0.2, 0) is 6.61 Å². The Morgan fingerprint density at radius 2 is 1.81 bits per heavy atom. The molecule has 0 unspecified atom stereocenters. The lowest BCUT2D eigenvalue weighted by molar-refractivity contribution is 0.100. The van der Waals surface area contributed by atoms with Gasteiger partial charge in [0, 0.05) is 15.5 Å². The van der Waals surface area contributed by atoms with Gasteiger partial charge in [0.05, 0.1) is 11.3 Å². The predicted molar refractivity (Wildman–Crippen MR) is 107 cm³/mol. The normalized spacial score (nSPS) is 10.4. The number of carbonyl (C=O) groups is 2. The molecule has 2 aromatic carbocycles. The van der Waals surface area contributed by atoms with E-state index in [0.717, 1.165) is 5.56 Å². The number of rotatable bonds is 6. The molecular weight excluding hydrogens is 386 g/mol. The molecule has 0 aliphatic rings. The maximum Gasteiger partial charge on any atom is 0.316 e. The van der Waals surface area contributed by atoms with Crippen molar-refractivity contribution in [3.63, 3.8) is 0 Å². The largest absolute Gasteiger partial charge is 0.489 e. The molecule has 3 rings (SSSR count). The summed E-state index contributed by atoms with van der Waals surface area (Å²) in [7, 11) is 0. The lowest BCUT2D eigenvalue weighted by Gasteiger charge is -2.13. The molecule has 0 fully saturated rings. The van der Waals surface area contributed by atoms with Gasteiger partial charge in [-0.05, 0) is 47.3 Å². The molecule has 3 aromatic rings. The number of benzene rings is 2. The van der Waals surface area contributed by atoms with Crippen LogP contribution in [0.4, 0.5) is 10.5 Å². The molecule has 0 saturated carbocycles. The SMILES string of the molecule is NC(=O)Nc1ccc(OCc2ccc(Cl)cc2)cc1-c1sccc1C(N)=O. The van der Waals surface area contributed by atoms with Gasteiger partial charge in [-0.25, -0.2) is 4.79 Å². The zero-order valence-electron chi connectivity index (χ0n) is 14.1. The van der Waals surface area contributed by atoms with Gasteiger partial charge in [-0.1, -0.05) is 23.7 Å². The first kappa shape index (κ1) is 18.8. The fourth-order valence-electron chi connectivity index (χ4n) is 2.50. The third-order valence-electron chi connectivity index (χ3n) is 3.74. The summed E-state index contributed by atoms with van der Waals surface area (Å²) in [6, 6.07) is 13.4. The average molecular weight is 402 g/mol. The van der Waals surface area contributed by atoms with E-state index in [-0.39, 0.29) is 0 Å². The van der Waals surface area contributed by atoms with Gasteiger partial charge in [0.15, 0.2) is 0 Å². The van der Waals surface area contributed by atoms with E-state index in [2.05, 4.69) is 5.32 Å². The Hall–Kier alpha value is -3.03. The Bertz CT molecular complexity index is 986. The van der Waals surface area contributed by atoms with Crippen molar-refractivity contribution in [2.45, 2.75) is 6.61 Å². The summed E-state index contributed by atoms with van der Waals surface area (Å²) < 4.78 is 5.83. The Morgan fingerprint density at radius 3 is 2.48 bits per heavy atom. The predicted octanol–water partition coefficient (Wildman–Crippen LogP) is 4.24. The number of urea groups is 1. The molecule has 0 aliphatic heterocycles. The van der Waals surface area contributed by atoms with E-state index in [1.807, 2.05) is 12.1 Å². The molecule has 0 spiro atoms. The molecule has 0 atom stereocenters. The van der Waals surface area contributed by atoms with Crippen molar-refractivity contribution in [1.82, 2.24) is 0 Å². The van der Waals surface area contributed by atoms with E-state index in [4.69, 9.17) is 27.8 Å². The molecular formula is C19H16ClN3O3S. The Balaban J connectivity index is 1.92. The minimum atomic E-state index is -0.705. The highest BCUT2D eigenvalue weighted by atomic mass is 35.5. The van der Waals surface area contributed by atoms with Crippen molar-refractivity contribution in [3.05, 3.63) is 70.1 Å². The minimum absolute atomic E-state index is 0.340. The number of anilines is 1. The lowest BCUT2D eigenvalue weighted by Crippen LogP contribution is -2.20. The van der Waals surface area contributed by atoms with E-state index in [0.29, 0.717) is 39.1 Å². The highest BCUT2D eigenvalue weighted by Gasteiger charge is 2.17. The monoisotopic (exact) mass is 401 g/mol. The van der Waals surface area contributed by atoms with Crippen LogP contribution in [0.3, 0.4) is 0 Å². The molecule has 0 saturated heterocycles. The summed E-state index contributed by atoms with van der Waals surface area (Å²) in [5.74, 6) is 0.0163. The second-order valence-corrected chi connectivity index (χ2v) is 6.99. The lowest BCUT2D eigenvalue weighted by atomic mass is 10.1. The summed E-state index contributed by atoms with van der Waals surface area (Å²) in [5.41, 5.74) is 13.1. The zero-order chi connectivity index (χ0) is 19.4. The van der Waals surface area contributed by atoms with Gasteiger partial charge in [0.1, 0.15) is 12.4 Å². The van der Waals surface area contributed by atoms with Crippen LogP contribution in [0.5, 0.6) is 5.75 Å². The summed E-state index contributed by atoms with van der Waals surface area (Å²) in [4.78, 5) is 23.6. The number of ether oxygens (including phenoxy) is 1. The van der Waals surface area contributed by atoms with E-state index in [1.165, 1.54) is 11.3 Å². The quantitative estimate of drug-likeness (QED) is 0.574. The molecule has 1 aromatic heterocycles. The van der Waals surface area contributed by atoms with Gasteiger partial charge in [-0.15, -0.1) is 11.3 Å². The van der Waals surface area contributed by atoms with Gasteiger partial charge in [0.2, 0.25) is 5.91 Å². The van der Waals surface area contributed by atoms with Crippen molar-refractivity contribution in [2.75, 3.05) is 5.32 Å². The van der Waals surface area contributed by atoms with Crippen molar-refractivity contribution >= 4 is 40.6 Å². The van der Waals surface area contributed by atoms with Crippen LogP contribution in [-0.4, -0.2) is 11.9 Å². The first-order chi connectivity index (χ1) is 12.9. The molecule has 8 heteroatoms. The van der Waals surface area contributed by atoms with Crippen molar-refractivity contribution < 1.29 is 14.3 Å². The molecule has 27 heavy (non-hydrogen) atoms. The number of thiophene rings is 1. The van der Waals surface area contributed by atoms with Crippen LogP contribution >= 0.6 is 22.9 Å². The van der Waals surface area contributed by atoms with Crippen LogP contribution < -0.4 is 21.5 Å². The Labute approximate surface area is 164 Å². The number of nitrogens with two attached hydrogens (primary N) is 2. The number of carbonyl (C=O) groups excluding carboxylic acids is 2. The van der Waals surface area contributed by atoms with E-state index >= 15 is 0 Å². The third-order valence-corrected chi connectivity index (χ3v) is 4.94. The van der Waals surface area contributed by atoms with Gasteiger partial charge in [0.25, 0.3) is 0 Å². The summed E-state index contributed by atoms with van der Waals surface area (Å²) in [6.07, 6.45) is 0. The van der Waals surface area contributed by atoms with E-state index < -0.39 is 11.9 Å². The first-order valence-corrected chi connectivity index (χ1v) is 9.15. The zero-order valence-corrected chi connectivity index (χ0v) is 15.6. The van der Waals surface area contributed by atoms with Gasteiger partial charge >= 0.3 is 6.03 Å². The van der Waals surface area contributed by atoms with Crippen molar-refractivity contribution in [2.24, 2.45) is 11.5 Å². The fraction of sp³-hybridized carbons (Fsp3) is 0.0526. The molecule has 6 nitrogen and oxygen atoms in total. The second-order valence-electron chi connectivity index (χ2n) is 5.64. The first-order valence-electron chi connectivity index (χ1n) is 7.89. The third kappa shape index (κ3) is 4.58. The van der Waals surface area contributed by atoms with Crippen LogP contribution in [0.15, 0.2) is 53.9 Å². The minimum Gasteiger partial charge on any atom is -0.489 e. The van der Waals surface area contributed by atoms with Crippen LogP contribution in [0.2, 0.25) is 5.02 Å². The number of hydrogen-bond donors (Lipinski definition) is 3. The van der Waals surface area contributed by atoms with Crippen molar-refractivity contribution in [1.29, 1.82) is 0 Å². The maximum atomic E-state index is 11.7. The highest BCUT2D eigenvalue weighted by molar-refractivity contribution is 7.14. The van der Waals surface area contributed by atoms with E-state index in [9.17, 15) is 9.59 Å².